The zero-order chi connectivity index (χ0) is 15.2. The van der Waals surface area contributed by atoms with E-state index in [9.17, 15) is 4.79 Å². The zero-order valence-electron chi connectivity index (χ0n) is 11.9. The smallest absolute Gasteiger partial charge is 0.339 e. The highest BCUT2D eigenvalue weighted by molar-refractivity contribution is 5.88. The molecule has 21 heavy (non-hydrogen) atoms. The third-order valence-corrected chi connectivity index (χ3v) is 2.71. The van der Waals surface area contributed by atoms with Crippen LogP contribution in [0.15, 0.2) is 36.8 Å². The summed E-state index contributed by atoms with van der Waals surface area (Å²) < 4.78 is 5.56. The Morgan fingerprint density at radius 1 is 1.33 bits per heavy atom. The minimum absolute atomic E-state index is 0.102. The largest absolute Gasteiger partial charge is 0.491 e. The van der Waals surface area contributed by atoms with Gasteiger partial charge in [-0.2, -0.15) is 0 Å². The number of anilines is 1. The average molecular weight is 287 g/mol. The third-order valence-electron chi connectivity index (χ3n) is 2.71. The summed E-state index contributed by atoms with van der Waals surface area (Å²) in [5.41, 5.74) is 1.41. The van der Waals surface area contributed by atoms with Gasteiger partial charge in [-0.25, -0.2) is 14.8 Å². The molecular weight excluding hydrogens is 270 g/mol. The molecule has 1 heterocycles. The maximum atomic E-state index is 11.1. The second-order valence-corrected chi connectivity index (χ2v) is 4.73. The molecule has 0 atom stereocenters. The molecule has 1 aromatic carbocycles. The molecule has 6 nitrogen and oxygen atoms in total. The summed E-state index contributed by atoms with van der Waals surface area (Å²) in [5, 5.41) is 12.2. The Bertz CT molecular complexity index is 612. The number of hydrogen-bond acceptors (Lipinski definition) is 5. The molecule has 1 aromatic heterocycles. The Balaban J connectivity index is 2.02. The van der Waals surface area contributed by atoms with Crippen LogP contribution in [0.4, 0.5) is 5.69 Å². The fourth-order valence-corrected chi connectivity index (χ4v) is 1.78. The van der Waals surface area contributed by atoms with Crippen LogP contribution in [0.3, 0.4) is 0 Å². The Morgan fingerprint density at radius 2 is 2.05 bits per heavy atom. The van der Waals surface area contributed by atoms with Crippen molar-refractivity contribution in [3.63, 3.8) is 0 Å². The molecule has 0 spiro atoms. The van der Waals surface area contributed by atoms with Gasteiger partial charge in [0.25, 0.3) is 0 Å². The number of hydrogen-bond donors (Lipinski definition) is 2. The molecule has 0 radical (unpaired) electrons. The number of nitrogens with zero attached hydrogens (tertiary/aromatic N) is 2. The van der Waals surface area contributed by atoms with Crippen LogP contribution in [-0.4, -0.2) is 27.1 Å². The van der Waals surface area contributed by atoms with E-state index in [-0.39, 0.29) is 11.7 Å². The molecule has 0 aliphatic rings. The van der Waals surface area contributed by atoms with Crippen LogP contribution in [0.2, 0.25) is 0 Å². The van der Waals surface area contributed by atoms with E-state index in [0.717, 1.165) is 11.4 Å². The van der Waals surface area contributed by atoms with Crippen molar-refractivity contribution >= 4 is 11.7 Å². The number of aromatic nitrogens is 2. The molecule has 110 valence electrons. The third kappa shape index (κ3) is 4.17. The quantitative estimate of drug-likeness (QED) is 0.849. The highest BCUT2D eigenvalue weighted by Crippen LogP contribution is 2.17. The van der Waals surface area contributed by atoms with Crippen LogP contribution in [0, 0.1) is 0 Å². The second kappa shape index (κ2) is 6.69. The maximum Gasteiger partial charge on any atom is 0.339 e. The summed E-state index contributed by atoms with van der Waals surface area (Å²) in [6, 6.07) is 7.47. The molecule has 2 aromatic rings. The van der Waals surface area contributed by atoms with Crippen molar-refractivity contribution in [1.82, 2.24) is 9.97 Å². The lowest BCUT2D eigenvalue weighted by molar-refractivity contribution is 0.0694. The van der Waals surface area contributed by atoms with E-state index < -0.39 is 5.97 Å². The van der Waals surface area contributed by atoms with Gasteiger partial charge in [-0.05, 0) is 38.1 Å². The van der Waals surface area contributed by atoms with Gasteiger partial charge in [0.1, 0.15) is 17.6 Å². The van der Waals surface area contributed by atoms with Gasteiger partial charge >= 0.3 is 5.97 Å². The molecule has 0 fully saturated rings. The van der Waals surface area contributed by atoms with E-state index in [1.807, 2.05) is 38.1 Å². The summed E-state index contributed by atoms with van der Waals surface area (Å²) in [4.78, 5) is 18.8. The Morgan fingerprint density at radius 3 is 2.67 bits per heavy atom. The van der Waals surface area contributed by atoms with Gasteiger partial charge < -0.3 is 15.2 Å². The molecule has 2 N–H and O–H groups in total. The molecule has 0 saturated carbocycles. The molecule has 0 aliphatic carbocycles. The standard InChI is InChI=1S/C15H17N3O3/c1-10(2)21-12-5-3-11(4-6-12)17-8-14-13(15(19)20)7-16-9-18-14/h3-7,9-10,17H,8H2,1-2H3,(H,19,20). The molecule has 2 rings (SSSR count). The van der Waals surface area contributed by atoms with Crippen LogP contribution < -0.4 is 10.1 Å². The van der Waals surface area contributed by atoms with Gasteiger partial charge in [-0.3, -0.25) is 0 Å². The van der Waals surface area contributed by atoms with Gasteiger partial charge in [0, 0.05) is 11.9 Å². The number of nitrogens with one attached hydrogen (secondary N) is 1. The molecule has 0 unspecified atom stereocenters. The van der Waals surface area contributed by atoms with E-state index in [1.165, 1.54) is 12.5 Å². The zero-order valence-corrected chi connectivity index (χ0v) is 11.9. The van der Waals surface area contributed by atoms with E-state index in [0.29, 0.717) is 12.2 Å². The number of benzene rings is 1. The maximum absolute atomic E-state index is 11.1. The number of carboxylic acids is 1. The lowest BCUT2D eigenvalue weighted by Gasteiger charge is -2.11. The Kier molecular flexibility index (Phi) is 4.71. The normalized spacial score (nSPS) is 10.4. The molecule has 0 saturated heterocycles. The van der Waals surface area contributed by atoms with Gasteiger partial charge in [-0.15, -0.1) is 0 Å². The monoisotopic (exact) mass is 287 g/mol. The van der Waals surface area contributed by atoms with Crippen LogP contribution in [0.5, 0.6) is 5.75 Å². The molecule has 0 bridgehead atoms. The van der Waals surface area contributed by atoms with Crippen LogP contribution in [-0.2, 0) is 6.54 Å². The number of carboxylic acid groups (broad SMARTS) is 1. The predicted octanol–water partition coefficient (Wildman–Crippen LogP) is 2.57. The predicted molar refractivity (Wildman–Crippen MR) is 78.5 cm³/mol. The van der Waals surface area contributed by atoms with Crippen molar-refractivity contribution in [2.75, 3.05) is 5.32 Å². The summed E-state index contributed by atoms with van der Waals surface area (Å²) in [7, 11) is 0. The number of ether oxygens (including phenoxy) is 1. The first-order chi connectivity index (χ1) is 10.1. The van der Waals surface area contributed by atoms with Crippen LogP contribution >= 0.6 is 0 Å². The molecule has 0 aliphatic heterocycles. The van der Waals surface area contributed by atoms with Crippen molar-refractivity contribution in [1.29, 1.82) is 0 Å². The van der Waals surface area contributed by atoms with Crippen molar-refractivity contribution in [3.8, 4) is 5.75 Å². The van der Waals surface area contributed by atoms with Crippen LogP contribution in [0.1, 0.15) is 29.9 Å². The summed E-state index contributed by atoms with van der Waals surface area (Å²) in [6.07, 6.45) is 2.76. The first-order valence-electron chi connectivity index (χ1n) is 6.59. The van der Waals surface area contributed by atoms with Crippen molar-refractivity contribution in [2.45, 2.75) is 26.5 Å². The Labute approximate surface area is 122 Å². The van der Waals surface area contributed by atoms with E-state index >= 15 is 0 Å². The van der Waals surface area contributed by atoms with E-state index in [1.54, 1.807) is 0 Å². The van der Waals surface area contributed by atoms with Crippen molar-refractivity contribution in [2.24, 2.45) is 0 Å². The second-order valence-electron chi connectivity index (χ2n) is 4.73. The lowest BCUT2D eigenvalue weighted by atomic mass is 10.2. The Hall–Kier alpha value is -2.63. The first-order valence-corrected chi connectivity index (χ1v) is 6.59. The molecule has 6 heteroatoms. The number of aromatic carboxylic acids is 1. The summed E-state index contributed by atoms with van der Waals surface area (Å²) in [6.45, 7) is 4.25. The number of carbonyl (C=O) groups is 1. The highest BCUT2D eigenvalue weighted by Gasteiger charge is 2.10. The van der Waals surface area contributed by atoms with Crippen LogP contribution in [0.25, 0.3) is 0 Å². The van der Waals surface area contributed by atoms with Gasteiger partial charge in [-0.1, -0.05) is 0 Å². The fraction of sp³-hybridized carbons (Fsp3) is 0.267. The van der Waals surface area contributed by atoms with Crippen molar-refractivity contribution in [3.05, 3.63) is 48.0 Å². The van der Waals surface area contributed by atoms with E-state index in [4.69, 9.17) is 9.84 Å². The fourth-order valence-electron chi connectivity index (χ4n) is 1.78. The SMILES string of the molecule is CC(C)Oc1ccc(NCc2ncncc2C(=O)O)cc1. The minimum Gasteiger partial charge on any atom is -0.491 e. The van der Waals surface area contributed by atoms with Gasteiger partial charge in [0.15, 0.2) is 0 Å². The van der Waals surface area contributed by atoms with Gasteiger partial charge in [0.05, 0.1) is 18.3 Å². The molecule has 0 amide bonds. The summed E-state index contributed by atoms with van der Waals surface area (Å²) >= 11 is 0. The average Bonchev–Trinajstić information content (AvgIpc) is 2.46. The first kappa shape index (κ1) is 14.8. The van der Waals surface area contributed by atoms with E-state index in [2.05, 4.69) is 15.3 Å². The van der Waals surface area contributed by atoms with Gasteiger partial charge in [0.2, 0.25) is 0 Å². The lowest BCUT2D eigenvalue weighted by Crippen LogP contribution is -2.10. The van der Waals surface area contributed by atoms with Crippen molar-refractivity contribution < 1.29 is 14.6 Å². The number of rotatable bonds is 6. The topological polar surface area (TPSA) is 84.3 Å². The highest BCUT2D eigenvalue weighted by atomic mass is 16.5. The summed E-state index contributed by atoms with van der Waals surface area (Å²) in [5.74, 6) is -0.239. The molecular formula is C15H17N3O3. The minimum atomic E-state index is -1.03.